The number of benzene rings is 3. The van der Waals surface area contributed by atoms with Gasteiger partial charge < -0.3 is 0 Å². The molecule has 1 atom stereocenters. The van der Waals surface area contributed by atoms with E-state index in [-0.39, 0.29) is 0 Å². The van der Waals surface area contributed by atoms with Crippen LogP contribution in [-0.4, -0.2) is 0 Å². The van der Waals surface area contributed by atoms with E-state index in [1.165, 1.54) is 37.5 Å². The molecule has 0 aromatic heterocycles. The number of hydrogen-bond acceptors (Lipinski definition) is 0. The molecular formula is C20H15Br. The molecule has 0 bridgehead atoms. The van der Waals surface area contributed by atoms with Gasteiger partial charge in [-0.25, -0.2) is 0 Å². The van der Waals surface area contributed by atoms with E-state index in [0.717, 1.165) is 0 Å². The Labute approximate surface area is 133 Å². The highest BCUT2D eigenvalue weighted by Gasteiger charge is 2.21. The Bertz CT molecular complexity index is 866. The smallest absolute Gasteiger partial charge is 0.0284 e. The van der Waals surface area contributed by atoms with Crippen molar-refractivity contribution >= 4 is 32.8 Å². The fraction of sp³-hybridized carbons (Fsp3) is 0.100. The lowest BCUT2D eigenvalue weighted by atomic mass is 9.88. The summed E-state index contributed by atoms with van der Waals surface area (Å²) in [7, 11) is 0. The van der Waals surface area contributed by atoms with Gasteiger partial charge in [-0.2, -0.15) is 0 Å². The molecule has 1 unspecified atom stereocenters. The minimum absolute atomic E-state index is 0.360. The second-order valence-electron chi connectivity index (χ2n) is 5.60. The molecule has 0 saturated heterocycles. The zero-order chi connectivity index (χ0) is 14.4. The molecule has 102 valence electrons. The quantitative estimate of drug-likeness (QED) is 0.506. The summed E-state index contributed by atoms with van der Waals surface area (Å²) in [6.45, 7) is 2.18. The maximum atomic E-state index is 3.70. The van der Waals surface area contributed by atoms with E-state index < -0.39 is 0 Å². The van der Waals surface area contributed by atoms with E-state index in [1.54, 1.807) is 0 Å². The lowest BCUT2D eigenvalue weighted by molar-refractivity contribution is 1.06. The molecule has 0 spiro atoms. The van der Waals surface area contributed by atoms with Gasteiger partial charge in [0.05, 0.1) is 0 Å². The fourth-order valence-electron chi connectivity index (χ4n) is 3.35. The van der Waals surface area contributed by atoms with Gasteiger partial charge in [0.25, 0.3) is 0 Å². The molecule has 0 nitrogen and oxygen atoms in total. The highest BCUT2D eigenvalue weighted by atomic mass is 79.9. The Morgan fingerprint density at radius 3 is 2.62 bits per heavy atom. The van der Waals surface area contributed by atoms with E-state index in [4.69, 9.17) is 0 Å². The van der Waals surface area contributed by atoms with Crippen molar-refractivity contribution in [2.45, 2.75) is 12.8 Å². The summed E-state index contributed by atoms with van der Waals surface area (Å²) >= 11 is 3.70. The van der Waals surface area contributed by atoms with Gasteiger partial charge in [0.2, 0.25) is 0 Å². The maximum absolute atomic E-state index is 3.70. The molecule has 0 fully saturated rings. The predicted molar refractivity (Wildman–Crippen MR) is 93.7 cm³/mol. The molecule has 3 aromatic rings. The number of halogens is 1. The van der Waals surface area contributed by atoms with Crippen LogP contribution in [0.15, 0.2) is 65.1 Å². The third-order valence-corrected chi connectivity index (χ3v) is 5.03. The van der Waals surface area contributed by atoms with Crippen molar-refractivity contribution < 1.29 is 0 Å². The van der Waals surface area contributed by atoms with Crippen molar-refractivity contribution in [3.8, 4) is 0 Å². The molecule has 0 heterocycles. The summed E-state index contributed by atoms with van der Waals surface area (Å²) < 4.78 is 1.18. The maximum Gasteiger partial charge on any atom is 0.0284 e. The first kappa shape index (κ1) is 12.8. The zero-order valence-corrected chi connectivity index (χ0v) is 13.4. The molecule has 0 saturated carbocycles. The molecule has 1 aliphatic rings. The SMILES string of the molecule is Cc1ccc(C2C=Cc3ccccc32)c2cccc(Br)c12. The summed E-state index contributed by atoms with van der Waals surface area (Å²) in [4.78, 5) is 0. The van der Waals surface area contributed by atoms with Gasteiger partial charge in [-0.3, -0.25) is 0 Å². The molecule has 3 aromatic carbocycles. The van der Waals surface area contributed by atoms with E-state index >= 15 is 0 Å². The summed E-state index contributed by atoms with van der Waals surface area (Å²) in [5.41, 5.74) is 5.45. The van der Waals surface area contributed by atoms with Gasteiger partial charge in [-0.1, -0.05) is 76.6 Å². The van der Waals surface area contributed by atoms with Crippen molar-refractivity contribution in [1.29, 1.82) is 0 Å². The second kappa shape index (κ2) is 4.85. The van der Waals surface area contributed by atoms with E-state index in [2.05, 4.69) is 89.6 Å². The van der Waals surface area contributed by atoms with Crippen molar-refractivity contribution in [3.63, 3.8) is 0 Å². The van der Waals surface area contributed by atoms with E-state index in [1.807, 2.05) is 0 Å². The van der Waals surface area contributed by atoms with Crippen LogP contribution in [0.5, 0.6) is 0 Å². The van der Waals surface area contributed by atoms with Crippen molar-refractivity contribution in [3.05, 3.63) is 87.4 Å². The van der Waals surface area contributed by atoms with Crippen molar-refractivity contribution in [2.75, 3.05) is 0 Å². The van der Waals surface area contributed by atoms with Gasteiger partial charge in [0.15, 0.2) is 0 Å². The van der Waals surface area contributed by atoms with Crippen LogP contribution in [0.25, 0.3) is 16.8 Å². The molecule has 21 heavy (non-hydrogen) atoms. The average Bonchev–Trinajstić information content (AvgIpc) is 2.92. The summed E-state index contributed by atoms with van der Waals surface area (Å²) in [6.07, 6.45) is 4.55. The zero-order valence-electron chi connectivity index (χ0n) is 11.8. The summed E-state index contributed by atoms with van der Waals surface area (Å²) in [6, 6.07) is 19.7. The molecule has 4 rings (SSSR count). The predicted octanol–water partition coefficient (Wildman–Crippen LogP) is 6.07. The van der Waals surface area contributed by atoms with Crippen LogP contribution in [0, 0.1) is 6.92 Å². The van der Waals surface area contributed by atoms with Crippen LogP contribution in [0.2, 0.25) is 0 Å². The van der Waals surface area contributed by atoms with Crippen LogP contribution in [0.1, 0.15) is 28.2 Å². The third kappa shape index (κ3) is 1.96. The Balaban J connectivity index is 2.00. The number of allylic oxidation sites excluding steroid dienone is 1. The molecule has 0 N–H and O–H groups in total. The molecular weight excluding hydrogens is 320 g/mol. The Morgan fingerprint density at radius 2 is 1.71 bits per heavy atom. The van der Waals surface area contributed by atoms with E-state index in [0.29, 0.717) is 5.92 Å². The van der Waals surface area contributed by atoms with Crippen LogP contribution in [0.3, 0.4) is 0 Å². The Hall–Kier alpha value is -1.86. The van der Waals surface area contributed by atoms with Crippen molar-refractivity contribution in [1.82, 2.24) is 0 Å². The molecule has 0 amide bonds. The number of rotatable bonds is 1. The highest BCUT2D eigenvalue weighted by Crippen LogP contribution is 2.40. The summed E-state index contributed by atoms with van der Waals surface area (Å²) in [5, 5.41) is 2.67. The van der Waals surface area contributed by atoms with Gasteiger partial charge >= 0.3 is 0 Å². The molecule has 0 aliphatic heterocycles. The number of aryl methyl sites for hydroxylation is 1. The Morgan fingerprint density at radius 1 is 0.857 bits per heavy atom. The standard InChI is InChI=1S/C20H15Br/c1-13-9-11-17(18-7-4-8-19(21)20(13)18)16-12-10-14-5-2-3-6-15(14)16/h2-12,16H,1H3. The average molecular weight is 335 g/mol. The van der Waals surface area contributed by atoms with Crippen LogP contribution in [0.4, 0.5) is 0 Å². The monoisotopic (exact) mass is 334 g/mol. The summed E-state index contributed by atoms with van der Waals surface area (Å²) in [5.74, 6) is 0.360. The van der Waals surface area contributed by atoms with Crippen LogP contribution < -0.4 is 0 Å². The van der Waals surface area contributed by atoms with Crippen LogP contribution in [-0.2, 0) is 0 Å². The van der Waals surface area contributed by atoms with Gasteiger partial charge in [-0.15, -0.1) is 0 Å². The minimum Gasteiger partial charge on any atom is -0.0720 e. The first-order chi connectivity index (χ1) is 10.3. The normalized spacial score (nSPS) is 16.4. The van der Waals surface area contributed by atoms with Crippen molar-refractivity contribution in [2.24, 2.45) is 0 Å². The van der Waals surface area contributed by atoms with E-state index in [9.17, 15) is 0 Å². The first-order valence-electron chi connectivity index (χ1n) is 7.20. The topological polar surface area (TPSA) is 0 Å². The highest BCUT2D eigenvalue weighted by molar-refractivity contribution is 9.10. The molecule has 1 aliphatic carbocycles. The second-order valence-corrected chi connectivity index (χ2v) is 6.45. The van der Waals surface area contributed by atoms with Gasteiger partial charge in [0.1, 0.15) is 0 Å². The number of hydrogen-bond donors (Lipinski definition) is 0. The fourth-order valence-corrected chi connectivity index (χ4v) is 4.02. The van der Waals surface area contributed by atoms with Gasteiger partial charge in [-0.05, 0) is 46.0 Å². The number of fused-ring (bicyclic) bond motifs is 2. The molecule has 0 radical (unpaired) electrons. The molecule has 1 heteroatoms. The minimum atomic E-state index is 0.360. The van der Waals surface area contributed by atoms with Crippen LogP contribution >= 0.6 is 15.9 Å². The lowest BCUT2D eigenvalue weighted by Crippen LogP contribution is -1.98. The first-order valence-corrected chi connectivity index (χ1v) is 8.00. The third-order valence-electron chi connectivity index (χ3n) is 4.37. The van der Waals surface area contributed by atoms with Gasteiger partial charge in [0, 0.05) is 10.4 Å². The lowest BCUT2D eigenvalue weighted by Gasteiger charge is -2.16. The largest absolute Gasteiger partial charge is 0.0720 e. The Kier molecular flexibility index (Phi) is 2.97.